The quantitative estimate of drug-likeness (QED) is 0.744. The molecule has 88 valence electrons. The molecule has 4 atom stereocenters. The average Bonchev–Trinajstić information content (AvgIpc) is 2.58. The fraction of sp³-hybridized carbons (Fsp3) is 0.917. The SMILES string of the molecule is CCC(N)C(=O)NC1CCC(CC)C1C. The van der Waals surface area contributed by atoms with Gasteiger partial charge in [-0.05, 0) is 31.1 Å². The van der Waals surface area contributed by atoms with E-state index in [0.29, 0.717) is 18.4 Å². The van der Waals surface area contributed by atoms with Gasteiger partial charge < -0.3 is 11.1 Å². The van der Waals surface area contributed by atoms with Crippen LogP contribution in [0.25, 0.3) is 0 Å². The van der Waals surface area contributed by atoms with Crippen LogP contribution in [0.1, 0.15) is 46.5 Å². The number of hydrogen-bond acceptors (Lipinski definition) is 2. The third-order valence-electron chi connectivity index (χ3n) is 3.86. The molecule has 0 aromatic carbocycles. The van der Waals surface area contributed by atoms with E-state index in [0.717, 1.165) is 12.3 Å². The maximum atomic E-state index is 11.6. The Morgan fingerprint density at radius 3 is 2.60 bits per heavy atom. The summed E-state index contributed by atoms with van der Waals surface area (Å²) < 4.78 is 0. The first-order chi connectivity index (χ1) is 7.10. The standard InChI is InChI=1S/C12H24N2O/c1-4-9-6-7-11(8(9)3)14-12(15)10(13)5-2/h8-11H,4-7,13H2,1-3H3,(H,14,15). The molecule has 0 aromatic rings. The third kappa shape index (κ3) is 2.94. The van der Waals surface area contributed by atoms with Crippen molar-refractivity contribution in [2.24, 2.45) is 17.6 Å². The second kappa shape index (κ2) is 5.50. The maximum absolute atomic E-state index is 11.6. The molecule has 0 spiro atoms. The molecule has 3 heteroatoms. The van der Waals surface area contributed by atoms with E-state index >= 15 is 0 Å². The second-order valence-corrected chi connectivity index (χ2v) is 4.73. The van der Waals surface area contributed by atoms with Crippen LogP contribution >= 0.6 is 0 Å². The monoisotopic (exact) mass is 212 g/mol. The van der Waals surface area contributed by atoms with Crippen molar-refractivity contribution in [3.8, 4) is 0 Å². The van der Waals surface area contributed by atoms with Crippen molar-refractivity contribution in [1.82, 2.24) is 5.32 Å². The summed E-state index contributed by atoms with van der Waals surface area (Å²) in [5, 5.41) is 3.08. The first-order valence-electron chi connectivity index (χ1n) is 6.16. The van der Waals surface area contributed by atoms with Crippen molar-refractivity contribution in [2.75, 3.05) is 0 Å². The highest BCUT2D eigenvalue weighted by molar-refractivity contribution is 5.81. The summed E-state index contributed by atoms with van der Waals surface area (Å²) in [6.07, 6.45) is 4.28. The first-order valence-corrected chi connectivity index (χ1v) is 6.16. The van der Waals surface area contributed by atoms with Gasteiger partial charge in [0.25, 0.3) is 0 Å². The zero-order chi connectivity index (χ0) is 11.4. The van der Waals surface area contributed by atoms with Crippen LogP contribution in [0, 0.1) is 11.8 Å². The molecule has 0 radical (unpaired) electrons. The van der Waals surface area contributed by atoms with Gasteiger partial charge in [-0.2, -0.15) is 0 Å². The molecule has 0 heterocycles. The van der Waals surface area contributed by atoms with Gasteiger partial charge in [0.1, 0.15) is 0 Å². The molecule has 0 saturated heterocycles. The molecule has 1 amide bonds. The fourth-order valence-electron chi connectivity index (χ4n) is 2.50. The number of carbonyl (C=O) groups excluding carboxylic acids is 1. The van der Waals surface area contributed by atoms with Crippen LogP contribution in [-0.2, 0) is 4.79 Å². The average molecular weight is 212 g/mol. The van der Waals surface area contributed by atoms with Crippen molar-refractivity contribution in [3.63, 3.8) is 0 Å². The van der Waals surface area contributed by atoms with E-state index in [1.54, 1.807) is 0 Å². The molecule has 15 heavy (non-hydrogen) atoms. The smallest absolute Gasteiger partial charge is 0.237 e. The van der Waals surface area contributed by atoms with Gasteiger partial charge >= 0.3 is 0 Å². The molecule has 1 fully saturated rings. The Morgan fingerprint density at radius 1 is 1.47 bits per heavy atom. The molecule has 3 N–H and O–H groups in total. The minimum absolute atomic E-state index is 0.0195. The summed E-state index contributed by atoms with van der Waals surface area (Å²) in [6, 6.07) is 0.0120. The minimum Gasteiger partial charge on any atom is -0.352 e. The van der Waals surface area contributed by atoms with Crippen LogP contribution in [0.3, 0.4) is 0 Å². The number of rotatable bonds is 4. The molecule has 1 aliphatic carbocycles. The van der Waals surface area contributed by atoms with Gasteiger partial charge in [0, 0.05) is 6.04 Å². The maximum Gasteiger partial charge on any atom is 0.237 e. The Hall–Kier alpha value is -0.570. The normalized spacial score (nSPS) is 32.7. The highest BCUT2D eigenvalue weighted by Gasteiger charge is 2.32. The van der Waals surface area contributed by atoms with Crippen LogP contribution in [0.2, 0.25) is 0 Å². The Morgan fingerprint density at radius 2 is 2.13 bits per heavy atom. The molecule has 1 saturated carbocycles. The van der Waals surface area contributed by atoms with Gasteiger partial charge in [0.05, 0.1) is 6.04 Å². The second-order valence-electron chi connectivity index (χ2n) is 4.73. The Bertz CT molecular complexity index is 218. The lowest BCUT2D eigenvalue weighted by Gasteiger charge is -2.22. The zero-order valence-electron chi connectivity index (χ0n) is 10.1. The van der Waals surface area contributed by atoms with Gasteiger partial charge in [0.2, 0.25) is 5.91 Å². The van der Waals surface area contributed by atoms with E-state index in [1.165, 1.54) is 12.8 Å². The first kappa shape index (κ1) is 12.5. The molecular formula is C12H24N2O. The predicted octanol–water partition coefficient (Wildman–Crippen LogP) is 1.66. The highest BCUT2D eigenvalue weighted by Crippen LogP contribution is 2.33. The molecule has 0 aliphatic heterocycles. The lowest BCUT2D eigenvalue weighted by atomic mass is 9.93. The van der Waals surface area contributed by atoms with Crippen LogP contribution in [-0.4, -0.2) is 18.0 Å². The highest BCUT2D eigenvalue weighted by atomic mass is 16.2. The molecule has 0 aromatic heterocycles. The number of nitrogens with one attached hydrogen (secondary N) is 1. The van der Waals surface area contributed by atoms with Gasteiger partial charge in [-0.15, -0.1) is 0 Å². The summed E-state index contributed by atoms with van der Waals surface area (Å²) in [5.41, 5.74) is 5.70. The van der Waals surface area contributed by atoms with Crippen LogP contribution in [0.4, 0.5) is 0 Å². The van der Waals surface area contributed by atoms with Crippen LogP contribution < -0.4 is 11.1 Å². The van der Waals surface area contributed by atoms with E-state index in [9.17, 15) is 4.79 Å². The lowest BCUT2D eigenvalue weighted by molar-refractivity contribution is -0.123. The largest absolute Gasteiger partial charge is 0.352 e. The van der Waals surface area contributed by atoms with E-state index < -0.39 is 0 Å². The van der Waals surface area contributed by atoms with Crippen molar-refractivity contribution in [3.05, 3.63) is 0 Å². The number of carbonyl (C=O) groups is 1. The van der Waals surface area contributed by atoms with E-state index in [1.807, 2.05) is 6.92 Å². The van der Waals surface area contributed by atoms with Crippen molar-refractivity contribution in [1.29, 1.82) is 0 Å². The van der Waals surface area contributed by atoms with E-state index in [-0.39, 0.29) is 11.9 Å². The minimum atomic E-state index is -0.335. The Balaban J connectivity index is 2.43. The van der Waals surface area contributed by atoms with Gasteiger partial charge in [-0.1, -0.05) is 27.2 Å². The van der Waals surface area contributed by atoms with Gasteiger partial charge in [-0.3, -0.25) is 4.79 Å². The molecule has 0 bridgehead atoms. The third-order valence-corrected chi connectivity index (χ3v) is 3.86. The topological polar surface area (TPSA) is 55.1 Å². The predicted molar refractivity (Wildman–Crippen MR) is 62.4 cm³/mol. The fourth-order valence-corrected chi connectivity index (χ4v) is 2.50. The number of nitrogens with two attached hydrogens (primary N) is 1. The lowest BCUT2D eigenvalue weighted by Crippen LogP contribution is -2.46. The van der Waals surface area contributed by atoms with E-state index in [4.69, 9.17) is 5.73 Å². The number of hydrogen-bond donors (Lipinski definition) is 2. The van der Waals surface area contributed by atoms with Crippen molar-refractivity contribution >= 4 is 5.91 Å². The summed E-state index contributed by atoms with van der Waals surface area (Å²) >= 11 is 0. The molecule has 4 unspecified atom stereocenters. The van der Waals surface area contributed by atoms with Crippen LogP contribution in [0.15, 0.2) is 0 Å². The van der Waals surface area contributed by atoms with Crippen molar-refractivity contribution in [2.45, 2.75) is 58.5 Å². The summed E-state index contributed by atoms with van der Waals surface area (Å²) in [6.45, 7) is 6.41. The zero-order valence-corrected chi connectivity index (χ0v) is 10.1. The Labute approximate surface area is 92.8 Å². The molecule has 3 nitrogen and oxygen atoms in total. The van der Waals surface area contributed by atoms with Gasteiger partial charge in [0.15, 0.2) is 0 Å². The van der Waals surface area contributed by atoms with Gasteiger partial charge in [-0.25, -0.2) is 0 Å². The summed E-state index contributed by atoms with van der Waals surface area (Å²) in [5.74, 6) is 1.39. The number of amides is 1. The molecule has 1 rings (SSSR count). The van der Waals surface area contributed by atoms with E-state index in [2.05, 4.69) is 19.2 Å². The Kier molecular flexibility index (Phi) is 4.58. The van der Waals surface area contributed by atoms with Crippen LogP contribution in [0.5, 0.6) is 0 Å². The molecule has 1 aliphatic rings. The van der Waals surface area contributed by atoms with Crippen molar-refractivity contribution < 1.29 is 4.79 Å². The summed E-state index contributed by atoms with van der Waals surface area (Å²) in [4.78, 5) is 11.6. The summed E-state index contributed by atoms with van der Waals surface area (Å²) in [7, 11) is 0. The molecular weight excluding hydrogens is 188 g/mol.